The minimum atomic E-state index is -0.645. The van der Waals surface area contributed by atoms with Crippen LogP contribution in [0.1, 0.15) is 0 Å². The van der Waals surface area contributed by atoms with E-state index in [2.05, 4.69) is 20.3 Å². The van der Waals surface area contributed by atoms with E-state index in [1.54, 1.807) is 23.7 Å². The summed E-state index contributed by atoms with van der Waals surface area (Å²) in [5, 5.41) is 24.0. The number of nitriles is 1. The van der Waals surface area contributed by atoms with Crippen molar-refractivity contribution in [3.8, 4) is 11.3 Å². The Balaban J connectivity index is 2.35. The van der Waals surface area contributed by atoms with Crippen LogP contribution in [0, 0.1) is 20.8 Å². The van der Waals surface area contributed by atoms with E-state index in [4.69, 9.17) is 10.00 Å². The van der Waals surface area contributed by atoms with E-state index in [1.807, 2.05) is 0 Å². The first kappa shape index (κ1) is 14.5. The van der Waals surface area contributed by atoms with E-state index in [0.717, 1.165) is 6.20 Å². The number of pyridine rings is 1. The molecule has 0 amide bonds. The number of aromatic nitrogens is 3. The van der Waals surface area contributed by atoms with Crippen molar-refractivity contribution >= 4 is 29.1 Å². The zero-order valence-electron chi connectivity index (χ0n) is 10.7. The van der Waals surface area contributed by atoms with Gasteiger partial charge in [-0.1, -0.05) is 0 Å². The molecule has 0 spiro atoms. The van der Waals surface area contributed by atoms with Crippen LogP contribution in [0.4, 0.5) is 17.3 Å². The molecule has 0 radical (unpaired) electrons. The number of rotatable bonds is 5. The second-order valence-electron chi connectivity index (χ2n) is 3.52. The molecule has 106 valence electrons. The van der Waals surface area contributed by atoms with Crippen LogP contribution in [0.2, 0.25) is 0 Å². The van der Waals surface area contributed by atoms with Crippen LogP contribution in [-0.4, -0.2) is 27.0 Å². The highest BCUT2D eigenvalue weighted by atomic mass is 32.2. The van der Waals surface area contributed by atoms with E-state index in [1.165, 1.54) is 7.11 Å². The lowest BCUT2D eigenvalue weighted by atomic mass is 10.4. The molecule has 1 N–H and O–H groups in total. The summed E-state index contributed by atoms with van der Waals surface area (Å²) >= 11 is 0.591. The summed E-state index contributed by atoms with van der Waals surface area (Å²) in [5.41, 5.74) is 0.173. The molecule has 2 aromatic rings. The monoisotopic (exact) mass is 304 g/mol. The minimum Gasteiger partial charge on any atom is -0.480 e. The summed E-state index contributed by atoms with van der Waals surface area (Å²) in [6.45, 7) is 0. The number of hydrogen-bond acceptors (Lipinski definition) is 9. The summed E-state index contributed by atoms with van der Waals surface area (Å²) in [6, 6.07) is 3.37. The van der Waals surface area contributed by atoms with E-state index >= 15 is 0 Å². The normalized spacial score (nSPS) is 9.71. The molecule has 0 aliphatic rings. The zero-order chi connectivity index (χ0) is 15.2. The molecule has 9 nitrogen and oxygen atoms in total. The van der Waals surface area contributed by atoms with Gasteiger partial charge in [-0.15, -0.1) is 0 Å². The molecule has 0 saturated carbocycles. The molecule has 0 unspecified atom stereocenters. The Bertz CT molecular complexity index is 717. The fourth-order valence-electron chi connectivity index (χ4n) is 1.43. The fourth-order valence-corrected chi connectivity index (χ4v) is 1.88. The lowest BCUT2D eigenvalue weighted by molar-refractivity contribution is -0.388. The number of methoxy groups -OCH3 is 1. The molecule has 2 rings (SSSR count). The molecule has 0 aliphatic carbocycles. The van der Waals surface area contributed by atoms with Crippen LogP contribution in [0.25, 0.3) is 0 Å². The number of nitrogens with one attached hydrogen (secondary N) is 1. The summed E-state index contributed by atoms with van der Waals surface area (Å²) in [7, 11) is 1.46. The average molecular weight is 304 g/mol. The van der Waals surface area contributed by atoms with Gasteiger partial charge in [-0.05, 0) is 12.1 Å². The maximum Gasteiger partial charge on any atom is 0.320 e. The van der Waals surface area contributed by atoms with Gasteiger partial charge in [0.05, 0.1) is 12.0 Å². The molecule has 0 aromatic carbocycles. The maximum atomic E-state index is 10.8. The smallest absolute Gasteiger partial charge is 0.320 e. The van der Waals surface area contributed by atoms with Gasteiger partial charge in [0.25, 0.3) is 0 Å². The third-order valence-electron chi connectivity index (χ3n) is 2.29. The van der Waals surface area contributed by atoms with Crippen LogP contribution < -0.4 is 10.1 Å². The summed E-state index contributed by atoms with van der Waals surface area (Å²) in [5.74, 6) is 0.429. The van der Waals surface area contributed by atoms with Gasteiger partial charge in [-0.25, -0.2) is 9.97 Å². The molecule has 0 bridgehead atoms. The molecule has 2 aromatic heterocycles. The topological polar surface area (TPSA) is 127 Å². The lowest BCUT2D eigenvalue weighted by Gasteiger charge is -2.08. The van der Waals surface area contributed by atoms with Gasteiger partial charge in [0.15, 0.2) is 5.03 Å². The molecule has 10 heteroatoms. The summed E-state index contributed by atoms with van der Waals surface area (Å²) in [4.78, 5) is 22.0. The number of nitro groups is 1. The number of nitrogens with zero attached hydrogens (tertiary/aromatic N) is 5. The van der Waals surface area contributed by atoms with Gasteiger partial charge >= 0.3 is 5.69 Å². The Kier molecular flexibility index (Phi) is 4.47. The summed E-state index contributed by atoms with van der Waals surface area (Å²) in [6.07, 6.45) is 2.59. The number of anilines is 2. The Morgan fingerprint density at radius 3 is 3.00 bits per heavy atom. The fraction of sp³-hybridized carbons (Fsp3) is 0.0909. The first-order valence-corrected chi connectivity index (χ1v) is 6.30. The molecular formula is C11H8N6O3S. The van der Waals surface area contributed by atoms with E-state index in [9.17, 15) is 10.1 Å². The van der Waals surface area contributed by atoms with Crippen molar-refractivity contribution in [3.63, 3.8) is 0 Å². The van der Waals surface area contributed by atoms with E-state index in [-0.39, 0.29) is 16.7 Å². The van der Waals surface area contributed by atoms with Crippen molar-refractivity contribution in [1.29, 1.82) is 5.26 Å². The Morgan fingerprint density at radius 1 is 1.52 bits per heavy atom. The van der Waals surface area contributed by atoms with Gasteiger partial charge in [0.1, 0.15) is 17.3 Å². The standard InChI is InChI=1S/C11H8N6O3S/c1-20-9-7(3-2-4-13-9)15-11-14-5-8(17(18)19)10(16-11)21-6-12/h2-5H,1H3,(H,14,15,16). The van der Waals surface area contributed by atoms with Crippen LogP contribution in [0.15, 0.2) is 29.6 Å². The van der Waals surface area contributed by atoms with E-state index < -0.39 is 4.92 Å². The van der Waals surface area contributed by atoms with Gasteiger partial charge in [0.2, 0.25) is 11.8 Å². The van der Waals surface area contributed by atoms with Crippen molar-refractivity contribution in [2.45, 2.75) is 5.03 Å². The predicted octanol–water partition coefficient (Wildman–Crippen LogP) is 2.11. The molecule has 0 aliphatic heterocycles. The molecule has 0 fully saturated rings. The predicted molar refractivity (Wildman–Crippen MR) is 74.2 cm³/mol. The number of ether oxygens (including phenoxy) is 1. The lowest BCUT2D eigenvalue weighted by Crippen LogP contribution is -2.02. The van der Waals surface area contributed by atoms with Gasteiger partial charge in [0, 0.05) is 18.0 Å². The highest BCUT2D eigenvalue weighted by Gasteiger charge is 2.18. The van der Waals surface area contributed by atoms with Gasteiger partial charge in [-0.3, -0.25) is 10.1 Å². The summed E-state index contributed by atoms with van der Waals surface area (Å²) < 4.78 is 5.06. The second-order valence-corrected chi connectivity index (χ2v) is 4.29. The Hall–Kier alpha value is -2.93. The second kappa shape index (κ2) is 6.49. The van der Waals surface area contributed by atoms with E-state index in [0.29, 0.717) is 23.3 Å². The Labute approximate surface area is 123 Å². The van der Waals surface area contributed by atoms with Crippen LogP contribution in [0.5, 0.6) is 5.88 Å². The number of hydrogen-bond donors (Lipinski definition) is 1. The van der Waals surface area contributed by atoms with Crippen LogP contribution in [-0.2, 0) is 0 Å². The zero-order valence-corrected chi connectivity index (χ0v) is 11.5. The highest BCUT2D eigenvalue weighted by Crippen LogP contribution is 2.28. The quantitative estimate of drug-likeness (QED) is 0.290. The van der Waals surface area contributed by atoms with Gasteiger partial charge in [-0.2, -0.15) is 10.2 Å². The van der Waals surface area contributed by atoms with Crippen molar-refractivity contribution in [2.24, 2.45) is 0 Å². The van der Waals surface area contributed by atoms with Crippen molar-refractivity contribution in [2.75, 3.05) is 12.4 Å². The molecule has 21 heavy (non-hydrogen) atoms. The third kappa shape index (κ3) is 3.34. The third-order valence-corrected chi connectivity index (χ3v) is 2.87. The maximum absolute atomic E-state index is 10.8. The van der Waals surface area contributed by atoms with Crippen molar-refractivity contribution < 1.29 is 9.66 Å². The van der Waals surface area contributed by atoms with Gasteiger partial charge < -0.3 is 10.1 Å². The number of thioether (sulfide) groups is 1. The Morgan fingerprint density at radius 2 is 2.33 bits per heavy atom. The molecule has 0 atom stereocenters. The highest BCUT2D eigenvalue weighted by molar-refractivity contribution is 8.03. The molecule has 0 saturated heterocycles. The molecular weight excluding hydrogens is 296 g/mol. The SMILES string of the molecule is COc1ncccc1Nc1ncc([N+](=O)[O-])c(SC#N)n1. The first-order valence-electron chi connectivity index (χ1n) is 5.49. The first-order chi connectivity index (χ1) is 10.2. The average Bonchev–Trinajstić information content (AvgIpc) is 2.48. The number of thiocyanates is 1. The largest absolute Gasteiger partial charge is 0.480 e. The molecule has 2 heterocycles. The van der Waals surface area contributed by atoms with Crippen LogP contribution >= 0.6 is 11.8 Å². The van der Waals surface area contributed by atoms with Crippen LogP contribution in [0.3, 0.4) is 0 Å². The van der Waals surface area contributed by atoms with Crippen molar-refractivity contribution in [1.82, 2.24) is 15.0 Å². The van der Waals surface area contributed by atoms with Crippen molar-refractivity contribution in [3.05, 3.63) is 34.6 Å². The minimum absolute atomic E-state index is 0.0390.